The average Bonchev–Trinajstić information content (AvgIpc) is 2.41. The fraction of sp³-hybridized carbons (Fsp3) is 0.538. The summed E-state index contributed by atoms with van der Waals surface area (Å²) < 4.78 is 10.7. The Balaban J connectivity index is 1.92. The fourth-order valence-corrected chi connectivity index (χ4v) is 2.15. The molecular formula is C13H17NO4. The van der Waals surface area contributed by atoms with E-state index in [0.29, 0.717) is 19.0 Å². The number of carbonyl (C=O) groups is 1. The summed E-state index contributed by atoms with van der Waals surface area (Å²) >= 11 is 0. The molecule has 5 nitrogen and oxygen atoms in total. The van der Waals surface area contributed by atoms with Crippen molar-refractivity contribution < 1.29 is 19.4 Å². The predicted molar refractivity (Wildman–Crippen MR) is 64.4 cm³/mol. The molecule has 1 atom stereocenters. The van der Waals surface area contributed by atoms with Gasteiger partial charge in [0, 0.05) is 19.4 Å². The van der Waals surface area contributed by atoms with Crippen molar-refractivity contribution in [1.29, 1.82) is 0 Å². The van der Waals surface area contributed by atoms with E-state index in [0.717, 1.165) is 12.8 Å². The number of nitrogens with zero attached hydrogens (tertiary/aromatic N) is 1. The van der Waals surface area contributed by atoms with E-state index in [9.17, 15) is 9.90 Å². The Labute approximate surface area is 106 Å². The van der Waals surface area contributed by atoms with Crippen LogP contribution in [0.1, 0.15) is 12.8 Å². The molecule has 0 aromatic carbocycles. The van der Waals surface area contributed by atoms with Crippen LogP contribution in [-0.4, -0.2) is 35.9 Å². The van der Waals surface area contributed by atoms with Crippen LogP contribution >= 0.6 is 0 Å². The molecule has 1 N–H and O–H groups in total. The third-order valence-corrected chi connectivity index (χ3v) is 3.22. The van der Waals surface area contributed by atoms with Gasteiger partial charge >= 0.3 is 5.97 Å². The van der Waals surface area contributed by atoms with Crippen molar-refractivity contribution in [1.82, 2.24) is 4.98 Å². The Morgan fingerprint density at radius 1 is 1.56 bits per heavy atom. The van der Waals surface area contributed by atoms with Crippen LogP contribution in [0.4, 0.5) is 0 Å². The minimum Gasteiger partial charge on any atom is -0.491 e. The summed E-state index contributed by atoms with van der Waals surface area (Å²) in [7, 11) is 0. The van der Waals surface area contributed by atoms with Gasteiger partial charge in [0.05, 0.1) is 12.1 Å². The van der Waals surface area contributed by atoms with Gasteiger partial charge in [-0.05, 0) is 30.9 Å². The zero-order chi connectivity index (χ0) is 12.8. The quantitative estimate of drug-likeness (QED) is 0.860. The minimum atomic E-state index is -0.800. The zero-order valence-corrected chi connectivity index (χ0v) is 10.1. The van der Waals surface area contributed by atoms with Gasteiger partial charge in [0.15, 0.2) is 0 Å². The van der Waals surface area contributed by atoms with Crippen molar-refractivity contribution in [2.75, 3.05) is 19.8 Å². The zero-order valence-electron chi connectivity index (χ0n) is 10.1. The van der Waals surface area contributed by atoms with Gasteiger partial charge in [-0.15, -0.1) is 0 Å². The molecule has 0 radical (unpaired) electrons. The number of aliphatic carboxylic acids is 1. The first-order chi connectivity index (χ1) is 8.77. The molecule has 1 aliphatic heterocycles. The third kappa shape index (κ3) is 3.43. The maximum atomic E-state index is 11.3. The van der Waals surface area contributed by atoms with Crippen molar-refractivity contribution in [3.8, 4) is 5.75 Å². The van der Waals surface area contributed by atoms with Crippen molar-refractivity contribution in [2.45, 2.75) is 12.8 Å². The van der Waals surface area contributed by atoms with E-state index >= 15 is 0 Å². The largest absolute Gasteiger partial charge is 0.491 e. The first-order valence-electron chi connectivity index (χ1n) is 6.11. The van der Waals surface area contributed by atoms with E-state index in [2.05, 4.69) is 4.98 Å². The third-order valence-electron chi connectivity index (χ3n) is 3.22. The number of hydrogen-bond acceptors (Lipinski definition) is 4. The molecule has 0 saturated carbocycles. The SMILES string of the molecule is O=C(O)C(COc1cccnc1)C1CCOCC1. The molecule has 0 amide bonds. The van der Waals surface area contributed by atoms with Gasteiger partial charge in [-0.2, -0.15) is 0 Å². The predicted octanol–water partition coefficient (Wildman–Crippen LogP) is 1.59. The lowest BCUT2D eigenvalue weighted by molar-refractivity contribution is -0.146. The molecule has 0 aliphatic carbocycles. The van der Waals surface area contributed by atoms with Crippen molar-refractivity contribution >= 4 is 5.97 Å². The molecule has 2 rings (SSSR count). The highest BCUT2D eigenvalue weighted by Crippen LogP contribution is 2.25. The summed E-state index contributed by atoms with van der Waals surface area (Å²) in [5.74, 6) is -0.538. The van der Waals surface area contributed by atoms with Crippen LogP contribution in [0.2, 0.25) is 0 Å². The summed E-state index contributed by atoms with van der Waals surface area (Å²) in [5.41, 5.74) is 0. The molecule has 1 fully saturated rings. The Morgan fingerprint density at radius 2 is 2.33 bits per heavy atom. The van der Waals surface area contributed by atoms with Gasteiger partial charge in [-0.25, -0.2) is 0 Å². The van der Waals surface area contributed by atoms with E-state index in [4.69, 9.17) is 9.47 Å². The number of hydrogen-bond donors (Lipinski definition) is 1. The summed E-state index contributed by atoms with van der Waals surface area (Å²) in [4.78, 5) is 15.2. The molecule has 1 aliphatic rings. The lowest BCUT2D eigenvalue weighted by Gasteiger charge is -2.27. The standard InChI is InChI=1S/C13H17NO4/c15-13(16)12(10-3-6-17-7-4-10)9-18-11-2-1-5-14-8-11/h1-2,5,8,10,12H,3-4,6-7,9H2,(H,15,16). The number of carboxylic acids is 1. The Hall–Kier alpha value is -1.62. The number of aromatic nitrogens is 1. The van der Waals surface area contributed by atoms with E-state index < -0.39 is 11.9 Å². The minimum absolute atomic E-state index is 0.132. The smallest absolute Gasteiger partial charge is 0.310 e. The van der Waals surface area contributed by atoms with E-state index in [1.807, 2.05) is 0 Å². The molecule has 1 saturated heterocycles. The van der Waals surface area contributed by atoms with E-state index in [1.165, 1.54) is 0 Å². The van der Waals surface area contributed by atoms with Gasteiger partial charge in [-0.1, -0.05) is 0 Å². The molecule has 5 heteroatoms. The lowest BCUT2D eigenvalue weighted by atomic mass is 9.86. The van der Waals surface area contributed by atoms with Gasteiger partial charge in [0.25, 0.3) is 0 Å². The Bertz CT molecular complexity index is 376. The average molecular weight is 251 g/mol. The molecule has 18 heavy (non-hydrogen) atoms. The molecule has 1 aromatic heterocycles. The molecule has 98 valence electrons. The van der Waals surface area contributed by atoms with Crippen LogP contribution in [0.3, 0.4) is 0 Å². The maximum absolute atomic E-state index is 11.3. The second-order valence-corrected chi connectivity index (χ2v) is 4.39. The van der Waals surface area contributed by atoms with E-state index in [1.54, 1.807) is 24.5 Å². The highest BCUT2D eigenvalue weighted by Gasteiger charge is 2.30. The van der Waals surface area contributed by atoms with Crippen molar-refractivity contribution in [2.24, 2.45) is 11.8 Å². The van der Waals surface area contributed by atoms with Crippen LogP contribution in [0.15, 0.2) is 24.5 Å². The van der Waals surface area contributed by atoms with Gasteiger partial charge < -0.3 is 14.6 Å². The Kier molecular flexibility index (Phi) is 4.52. The molecular weight excluding hydrogens is 234 g/mol. The van der Waals surface area contributed by atoms with Crippen LogP contribution in [0.25, 0.3) is 0 Å². The summed E-state index contributed by atoms with van der Waals surface area (Å²) in [6.07, 6.45) is 4.81. The summed E-state index contributed by atoms with van der Waals surface area (Å²) in [6, 6.07) is 3.54. The number of carboxylic acid groups (broad SMARTS) is 1. The highest BCUT2D eigenvalue weighted by molar-refractivity contribution is 5.70. The first-order valence-corrected chi connectivity index (χ1v) is 6.11. The number of pyridine rings is 1. The second kappa shape index (κ2) is 6.35. The van der Waals surface area contributed by atoms with Crippen molar-refractivity contribution in [3.05, 3.63) is 24.5 Å². The van der Waals surface area contributed by atoms with Gasteiger partial charge in [0.2, 0.25) is 0 Å². The van der Waals surface area contributed by atoms with Crippen LogP contribution in [-0.2, 0) is 9.53 Å². The monoisotopic (exact) mass is 251 g/mol. The normalized spacial score (nSPS) is 18.2. The van der Waals surface area contributed by atoms with E-state index in [-0.39, 0.29) is 12.5 Å². The molecule has 0 spiro atoms. The van der Waals surface area contributed by atoms with Crippen LogP contribution in [0.5, 0.6) is 5.75 Å². The van der Waals surface area contributed by atoms with Gasteiger partial charge in [0.1, 0.15) is 12.4 Å². The lowest BCUT2D eigenvalue weighted by Crippen LogP contribution is -2.33. The first kappa shape index (κ1) is 12.8. The molecule has 2 heterocycles. The van der Waals surface area contributed by atoms with Gasteiger partial charge in [-0.3, -0.25) is 9.78 Å². The van der Waals surface area contributed by atoms with Crippen LogP contribution in [0, 0.1) is 11.8 Å². The Morgan fingerprint density at radius 3 is 2.94 bits per heavy atom. The summed E-state index contributed by atoms with van der Waals surface area (Å²) in [6.45, 7) is 1.47. The molecule has 1 unspecified atom stereocenters. The maximum Gasteiger partial charge on any atom is 0.310 e. The van der Waals surface area contributed by atoms with Crippen molar-refractivity contribution in [3.63, 3.8) is 0 Å². The number of ether oxygens (including phenoxy) is 2. The number of rotatable bonds is 5. The van der Waals surface area contributed by atoms with Crippen LogP contribution < -0.4 is 4.74 Å². The topological polar surface area (TPSA) is 68.7 Å². The highest BCUT2D eigenvalue weighted by atomic mass is 16.5. The molecule has 1 aromatic rings. The summed E-state index contributed by atoms with van der Waals surface area (Å²) in [5, 5.41) is 9.27. The second-order valence-electron chi connectivity index (χ2n) is 4.39. The fourth-order valence-electron chi connectivity index (χ4n) is 2.15. The molecule has 0 bridgehead atoms.